The van der Waals surface area contributed by atoms with Gasteiger partial charge in [0.2, 0.25) is 0 Å². The molecule has 0 fully saturated rings. The van der Waals surface area contributed by atoms with Gasteiger partial charge in [-0.2, -0.15) is 0 Å². The summed E-state index contributed by atoms with van der Waals surface area (Å²) in [4.78, 5) is 21.8. The van der Waals surface area contributed by atoms with Gasteiger partial charge in [0, 0.05) is 25.0 Å². The molecule has 2 unspecified atom stereocenters. The standard InChI is InChI=1S/C30H28N2O7/c1-37-29-19-21(13-15-25(29)31(33)34)17-27(23-9-5-3-6-10-23)39-28(24-11-7-4-8-12-24)18-22-14-16-26(32(35)36)30(20-22)38-2/h3-16,19-20,27-28H,17-18H2,1-2H3. The minimum atomic E-state index is -0.475. The lowest BCUT2D eigenvalue weighted by Crippen LogP contribution is -2.15. The quantitative estimate of drug-likeness (QED) is 0.147. The maximum Gasteiger partial charge on any atom is 0.310 e. The summed E-state index contributed by atoms with van der Waals surface area (Å²) in [7, 11) is 2.81. The first kappa shape index (κ1) is 27.3. The Morgan fingerprint density at radius 3 is 1.33 bits per heavy atom. The summed E-state index contributed by atoms with van der Waals surface area (Å²) in [5, 5.41) is 22.7. The van der Waals surface area contributed by atoms with E-state index >= 15 is 0 Å². The minimum Gasteiger partial charge on any atom is -0.490 e. The predicted octanol–water partition coefficient (Wildman–Crippen LogP) is 6.80. The van der Waals surface area contributed by atoms with E-state index in [1.165, 1.54) is 26.4 Å². The fraction of sp³-hybridized carbons (Fsp3) is 0.200. The lowest BCUT2D eigenvalue weighted by molar-refractivity contribution is -0.385. The number of ether oxygens (including phenoxy) is 3. The summed E-state index contributed by atoms with van der Waals surface area (Å²) < 4.78 is 17.3. The molecule has 4 rings (SSSR count). The van der Waals surface area contributed by atoms with Gasteiger partial charge in [-0.05, 0) is 34.4 Å². The molecule has 0 aliphatic heterocycles. The summed E-state index contributed by atoms with van der Waals surface area (Å²) in [6.45, 7) is 0. The SMILES string of the molecule is COc1cc(CC(OC(Cc2ccc([N+](=O)[O-])c(OC)c2)c2ccccc2)c2ccccc2)ccc1[N+](=O)[O-]. The van der Waals surface area contributed by atoms with Crippen molar-refractivity contribution < 1.29 is 24.1 Å². The third-order valence-electron chi connectivity index (χ3n) is 6.40. The normalized spacial score (nSPS) is 12.4. The second-order valence-corrected chi connectivity index (χ2v) is 8.87. The van der Waals surface area contributed by atoms with Gasteiger partial charge < -0.3 is 14.2 Å². The Hall–Kier alpha value is -4.76. The summed E-state index contributed by atoms with van der Waals surface area (Å²) in [5.41, 5.74) is 3.31. The van der Waals surface area contributed by atoms with Crippen molar-refractivity contribution in [3.8, 4) is 11.5 Å². The zero-order valence-corrected chi connectivity index (χ0v) is 21.6. The number of rotatable bonds is 12. The monoisotopic (exact) mass is 528 g/mol. The molecule has 2 atom stereocenters. The largest absolute Gasteiger partial charge is 0.490 e. The Morgan fingerprint density at radius 2 is 1.00 bits per heavy atom. The molecule has 0 amide bonds. The van der Waals surface area contributed by atoms with Gasteiger partial charge >= 0.3 is 11.4 Å². The molecule has 9 heteroatoms. The highest BCUT2D eigenvalue weighted by Gasteiger charge is 2.24. The van der Waals surface area contributed by atoms with Crippen LogP contribution in [0.1, 0.15) is 34.5 Å². The number of nitro groups is 2. The third kappa shape index (κ3) is 6.77. The van der Waals surface area contributed by atoms with Crippen LogP contribution in [-0.2, 0) is 17.6 Å². The number of hydrogen-bond acceptors (Lipinski definition) is 7. The molecule has 0 saturated heterocycles. The second-order valence-electron chi connectivity index (χ2n) is 8.87. The van der Waals surface area contributed by atoms with Crippen molar-refractivity contribution in [2.24, 2.45) is 0 Å². The van der Waals surface area contributed by atoms with Crippen molar-refractivity contribution in [1.29, 1.82) is 0 Å². The maximum absolute atomic E-state index is 11.4. The molecule has 0 N–H and O–H groups in total. The lowest BCUT2D eigenvalue weighted by Gasteiger charge is -2.26. The van der Waals surface area contributed by atoms with Crippen LogP contribution in [0.25, 0.3) is 0 Å². The highest BCUT2D eigenvalue weighted by Crippen LogP contribution is 2.36. The zero-order chi connectivity index (χ0) is 27.8. The molecule has 0 aliphatic rings. The van der Waals surface area contributed by atoms with Crippen LogP contribution in [0, 0.1) is 20.2 Å². The van der Waals surface area contributed by atoms with E-state index in [9.17, 15) is 20.2 Å². The number of hydrogen-bond donors (Lipinski definition) is 0. The average molecular weight is 529 g/mol. The van der Waals surface area contributed by atoms with Crippen LogP contribution in [-0.4, -0.2) is 24.1 Å². The van der Waals surface area contributed by atoms with E-state index in [1.807, 2.05) is 60.7 Å². The molecule has 9 nitrogen and oxygen atoms in total. The Kier molecular flexibility index (Phi) is 8.86. The van der Waals surface area contributed by atoms with Gasteiger partial charge in [0.15, 0.2) is 11.5 Å². The Balaban J connectivity index is 1.69. The molecular weight excluding hydrogens is 500 g/mol. The minimum absolute atomic E-state index is 0.104. The van der Waals surface area contributed by atoms with E-state index < -0.39 is 22.1 Å². The fourth-order valence-electron chi connectivity index (χ4n) is 4.45. The highest BCUT2D eigenvalue weighted by molar-refractivity contribution is 5.49. The molecule has 0 aliphatic carbocycles. The van der Waals surface area contributed by atoms with Crippen molar-refractivity contribution in [2.45, 2.75) is 25.0 Å². The van der Waals surface area contributed by atoms with Crippen LogP contribution >= 0.6 is 0 Å². The third-order valence-corrected chi connectivity index (χ3v) is 6.40. The summed E-state index contributed by atoms with van der Waals surface area (Å²) >= 11 is 0. The predicted molar refractivity (Wildman–Crippen MR) is 146 cm³/mol. The van der Waals surface area contributed by atoms with E-state index in [2.05, 4.69) is 0 Å². The number of nitro benzene ring substituents is 2. The van der Waals surface area contributed by atoms with Gasteiger partial charge in [-0.3, -0.25) is 20.2 Å². The van der Waals surface area contributed by atoms with E-state index in [0.717, 1.165) is 22.3 Å². The van der Waals surface area contributed by atoms with Crippen LogP contribution in [0.3, 0.4) is 0 Å². The van der Waals surface area contributed by atoms with Gasteiger partial charge in [0.25, 0.3) is 0 Å². The van der Waals surface area contributed by atoms with E-state index in [1.54, 1.807) is 24.3 Å². The second kappa shape index (κ2) is 12.7. The summed E-state index contributed by atoms with van der Waals surface area (Å²) in [6, 6.07) is 29.1. The molecule has 4 aromatic carbocycles. The smallest absolute Gasteiger partial charge is 0.310 e. The van der Waals surface area contributed by atoms with E-state index in [4.69, 9.17) is 14.2 Å². The topological polar surface area (TPSA) is 114 Å². The summed E-state index contributed by atoms with van der Waals surface area (Å²) in [5.74, 6) is 0.365. The summed E-state index contributed by atoms with van der Waals surface area (Å²) in [6.07, 6.45) is 0.0707. The first-order chi connectivity index (χ1) is 18.9. The number of methoxy groups -OCH3 is 2. The van der Waals surface area contributed by atoms with E-state index in [-0.39, 0.29) is 22.9 Å². The van der Waals surface area contributed by atoms with Crippen molar-refractivity contribution in [3.05, 3.63) is 140 Å². The van der Waals surface area contributed by atoms with Crippen LogP contribution < -0.4 is 9.47 Å². The van der Waals surface area contributed by atoms with Gasteiger partial charge in [-0.25, -0.2) is 0 Å². The van der Waals surface area contributed by atoms with Gasteiger partial charge in [0.05, 0.1) is 36.3 Å². The molecule has 0 bridgehead atoms. The van der Waals surface area contributed by atoms with Gasteiger partial charge in [0.1, 0.15) is 0 Å². The van der Waals surface area contributed by atoms with Crippen molar-refractivity contribution in [2.75, 3.05) is 14.2 Å². The van der Waals surface area contributed by atoms with Crippen molar-refractivity contribution in [3.63, 3.8) is 0 Å². The molecule has 0 spiro atoms. The maximum atomic E-state index is 11.4. The Bertz CT molecular complexity index is 1320. The Labute approximate surface area is 225 Å². The number of benzene rings is 4. The molecule has 0 aromatic heterocycles. The molecule has 0 radical (unpaired) electrons. The van der Waals surface area contributed by atoms with Crippen LogP contribution in [0.5, 0.6) is 11.5 Å². The van der Waals surface area contributed by atoms with Crippen molar-refractivity contribution in [1.82, 2.24) is 0 Å². The van der Waals surface area contributed by atoms with E-state index in [0.29, 0.717) is 12.8 Å². The molecule has 0 heterocycles. The lowest BCUT2D eigenvalue weighted by atomic mass is 9.97. The van der Waals surface area contributed by atoms with Crippen LogP contribution in [0.2, 0.25) is 0 Å². The van der Waals surface area contributed by atoms with Gasteiger partial charge in [-0.1, -0.05) is 72.8 Å². The number of nitrogens with zero attached hydrogens (tertiary/aromatic N) is 2. The first-order valence-corrected chi connectivity index (χ1v) is 12.3. The van der Waals surface area contributed by atoms with Gasteiger partial charge in [-0.15, -0.1) is 0 Å². The van der Waals surface area contributed by atoms with Crippen LogP contribution in [0.4, 0.5) is 11.4 Å². The Morgan fingerprint density at radius 1 is 0.615 bits per heavy atom. The van der Waals surface area contributed by atoms with Crippen LogP contribution in [0.15, 0.2) is 97.1 Å². The molecule has 4 aromatic rings. The average Bonchev–Trinajstić information content (AvgIpc) is 2.96. The molecular formula is C30H28N2O7. The fourth-order valence-corrected chi connectivity index (χ4v) is 4.45. The highest BCUT2D eigenvalue weighted by atomic mass is 16.6. The first-order valence-electron chi connectivity index (χ1n) is 12.3. The zero-order valence-electron chi connectivity index (χ0n) is 21.6. The van der Waals surface area contributed by atoms with Crippen molar-refractivity contribution >= 4 is 11.4 Å². The molecule has 0 saturated carbocycles. The molecule has 39 heavy (non-hydrogen) atoms. The molecule has 200 valence electrons.